The zero-order chi connectivity index (χ0) is 18.0. The number of hydrogen-bond acceptors (Lipinski definition) is 4. The Morgan fingerprint density at radius 1 is 1.28 bits per heavy atom. The molecule has 9 heteroatoms. The molecular weight excluding hydrogens is 335 g/mol. The van der Waals surface area contributed by atoms with E-state index in [1.54, 1.807) is 11.1 Å². The van der Waals surface area contributed by atoms with Gasteiger partial charge in [-0.1, -0.05) is 0 Å². The maximum absolute atomic E-state index is 12.5. The molecule has 134 valence electrons. The molecule has 0 atom stereocenters. The molecule has 2 aromatic heterocycles. The standard InChI is InChI=1S/C16H18F3N5O/c1-11-2-6-20-15(21-11)12-3-7-23(8-4-12)14(25)10-24-9-5-13(22-24)16(17,18)19/h2,5-6,9,12H,3-4,7-8,10H2,1H3. The molecule has 1 amide bonds. The number of hydrogen-bond donors (Lipinski definition) is 0. The van der Waals surface area contributed by atoms with Gasteiger partial charge in [-0.15, -0.1) is 0 Å². The van der Waals surface area contributed by atoms with Crippen molar-refractivity contribution in [2.45, 2.75) is 38.4 Å². The zero-order valence-electron chi connectivity index (χ0n) is 13.7. The molecule has 0 unspecified atom stereocenters. The maximum Gasteiger partial charge on any atom is 0.435 e. The van der Waals surface area contributed by atoms with Gasteiger partial charge in [0.15, 0.2) is 5.69 Å². The van der Waals surface area contributed by atoms with Crippen molar-refractivity contribution in [3.05, 3.63) is 41.7 Å². The number of piperidine rings is 1. The maximum atomic E-state index is 12.5. The van der Waals surface area contributed by atoms with Crippen LogP contribution in [0, 0.1) is 6.92 Å². The second-order valence-corrected chi connectivity index (χ2v) is 6.11. The minimum Gasteiger partial charge on any atom is -0.341 e. The Balaban J connectivity index is 1.56. The van der Waals surface area contributed by atoms with Crippen molar-refractivity contribution < 1.29 is 18.0 Å². The van der Waals surface area contributed by atoms with Gasteiger partial charge in [0.1, 0.15) is 12.4 Å². The first-order chi connectivity index (χ1) is 11.8. The lowest BCUT2D eigenvalue weighted by molar-refractivity contribution is -0.142. The molecule has 0 saturated carbocycles. The number of carbonyl (C=O) groups is 1. The van der Waals surface area contributed by atoms with Crippen LogP contribution in [0.4, 0.5) is 13.2 Å². The first-order valence-corrected chi connectivity index (χ1v) is 8.01. The highest BCUT2D eigenvalue weighted by Crippen LogP contribution is 2.28. The smallest absolute Gasteiger partial charge is 0.341 e. The Bertz CT molecular complexity index is 750. The highest BCUT2D eigenvalue weighted by molar-refractivity contribution is 5.76. The van der Waals surface area contributed by atoms with Crippen molar-refractivity contribution in [2.24, 2.45) is 0 Å². The van der Waals surface area contributed by atoms with E-state index in [0.717, 1.165) is 35.1 Å². The number of alkyl halides is 3. The van der Waals surface area contributed by atoms with E-state index in [1.165, 1.54) is 6.20 Å². The van der Waals surface area contributed by atoms with Crippen LogP contribution in [0.15, 0.2) is 24.5 Å². The molecule has 3 rings (SSSR count). The van der Waals surface area contributed by atoms with E-state index in [0.29, 0.717) is 13.1 Å². The van der Waals surface area contributed by atoms with Gasteiger partial charge in [-0.2, -0.15) is 18.3 Å². The van der Waals surface area contributed by atoms with Crippen LogP contribution in [-0.2, 0) is 17.5 Å². The molecular formula is C16H18F3N5O. The SMILES string of the molecule is Cc1ccnc(C2CCN(C(=O)Cn3ccc(C(F)(F)F)n3)CC2)n1. The highest BCUT2D eigenvalue weighted by atomic mass is 19.4. The fourth-order valence-corrected chi connectivity index (χ4v) is 2.89. The number of halogens is 3. The van der Waals surface area contributed by atoms with E-state index in [9.17, 15) is 18.0 Å². The van der Waals surface area contributed by atoms with Crippen LogP contribution in [0.2, 0.25) is 0 Å². The number of aryl methyl sites for hydroxylation is 1. The predicted octanol–water partition coefficient (Wildman–Crippen LogP) is 2.41. The third kappa shape index (κ3) is 4.15. The van der Waals surface area contributed by atoms with Gasteiger partial charge in [-0.3, -0.25) is 9.48 Å². The summed E-state index contributed by atoms with van der Waals surface area (Å²) < 4.78 is 38.7. The minimum absolute atomic E-state index is 0.193. The Morgan fingerprint density at radius 3 is 2.60 bits per heavy atom. The van der Waals surface area contributed by atoms with Crippen molar-refractivity contribution in [1.82, 2.24) is 24.6 Å². The van der Waals surface area contributed by atoms with Gasteiger partial charge in [-0.05, 0) is 31.9 Å². The van der Waals surface area contributed by atoms with E-state index >= 15 is 0 Å². The molecule has 1 fully saturated rings. The molecule has 0 spiro atoms. The van der Waals surface area contributed by atoms with Crippen molar-refractivity contribution in [3.8, 4) is 0 Å². The number of rotatable bonds is 3. The Morgan fingerprint density at radius 2 is 2.00 bits per heavy atom. The van der Waals surface area contributed by atoms with E-state index in [-0.39, 0.29) is 18.4 Å². The summed E-state index contributed by atoms with van der Waals surface area (Å²) in [7, 11) is 0. The van der Waals surface area contributed by atoms with Crippen LogP contribution < -0.4 is 0 Å². The molecule has 0 aliphatic carbocycles. The molecule has 2 aromatic rings. The lowest BCUT2D eigenvalue weighted by Gasteiger charge is -2.31. The first kappa shape index (κ1) is 17.4. The average molecular weight is 353 g/mol. The van der Waals surface area contributed by atoms with E-state index in [4.69, 9.17) is 0 Å². The van der Waals surface area contributed by atoms with Crippen molar-refractivity contribution in [1.29, 1.82) is 0 Å². The van der Waals surface area contributed by atoms with Crippen molar-refractivity contribution in [3.63, 3.8) is 0 Å². The molecule has 0 radical (unpaired) electrons. The number of carbonyl (C=O) groups excluding carboxylic acids is 1. The van der Waals surface area contributed by atoms with Gasteiger partial charge < -0.3 is 4.90 Å². The summed E-state index contributed by atoms with van der Waals surface area (Å²) >= 11 is 0. The number of nitrogens with zero attached hydrogens (tertiary/aromatic N) is 5. The number of likely N-dealkylation sites (tertiary alicyclic amines) is 1. The Labute approximate surface area is 142 Å². The molecule has 1 saturated heterocycles. The monoisotopic (exact) mass is 353 g/mol. The molecule has 25 heavy (non-hydrogen) atoms. The summed E-state index contributed by atoms with van der Waals surface area (Å²) in [5.74, 6) is 0.750. The van der Waals surface area contributed by atoms with Gasteiger partial charge in [0, 0.05) is 37.1 Å². The topological polar surface area (TPSA) is 63.9 Å². The van der Waals surface area contributed by atoms with Crippen molar-refractivity contribution >= 4 is 5.91 Å². The first-order valence-electron chi connectivity index (χ1n) is 8.01. The summed E-state index contributed by atoms with van der Waals surface area (Å²) in [5.41, 5.74) is -0.0849. The summed E-state index contributed by atoms with van der Waals surface area (Å²) in [6.07, 6.45) is -0.121. The second-order valence-electron chi connectivity index (χ2n) is 6.11. The van der Waals surface area contributed by atoms with Crippen LogP contribution in [0.5, 0.6) is 0 Å². The Hall–Kier alpha value is -2.45. The number of amides is 1. The van der Waals surface area contributed by atoms with Gasteiger partial charge in [0.05, 0.1) is 0 Å². The Kier molecular flexibility index (Phi) is 4.73. The van der Waals surface area contributed by atoms with Crippen molar-refractivity contribution in [2.75, 3.05) is 13.1 Å². The lowest BCUT2D eigenvalue weighted by Crippen LogP contribution is -2.40. The van der Waals surface area contributed by atoms with Crippen LogP contribution in [0.1, 0.15) is 36.0 Å². The molecule has 0 aromatic carbocycles. The fraction of sp³-hybridized carbons (Fsp3) is 0.500. The lowest BCUT2D eigenvalue weighted by atomic mass is 9.96. The van der Waals surface area contributed by atoms with Crippen LogP contribution >= 0.6 is 0 Å². The molecule has 3 heterocycles. The molecule has 1 aliphatic heterocycles. The average Bonchev–Trinajstić information content (AvgIpc) is 3.04. The molecule has 1 aliphatic rings. The van der Waals surface area contributed by atoms with Gasteiger partial charge in [0.2, 0.25) is 5.91 Å². The van der Waals surface area contributed by atoms with Crippen LogP contribution in [0.3, 0.4) is 0 Å². The normalized spacial score (nSPS) is 16.2. The highest BCUT2D eigenvalue weighted by Gasteiger charge is 2.34. The minimum atomic E-state index is -4.50. The fourth-order valence-electron chi connectivity index (χ4n) is 2.89. The van der Waals surface area contributed by atoms with Gasteiger partial charge in [-0.25, -0.2) is 9.97 Å². The third-order valence-corrected chi connectivity index (χ3v) is 4.25. The molecule has 6 nitrogen and oxygen atoms in total. The summed E-state index contributed by atoms with van der Waals surface area (Å²) in [5, 5.41) is 3.41. The van der Waals surface area contributed by atoms with Crippen LogP contribution in [0.25, 0.3) is 0 Å². The predicted molar refractivity (Wildman–Crippen MR) is 82.6 cm³/mol. The number of aromatic nitrogens is 4. The quantitative estimate of drug-likeness (QED) is 0.850. The van der Waals surface area contributed by atoms with E-state index < -0.39 is 11.9 Å². The summed E-state index contributed by atoms with van der Waals surface area (Å²) in [6.45, 7) is 2.78. The van der Waals surface area contributed by atoms with E-state index in [2.05, 4.69) is 15.1 Å². The third-order valence-electron chi connectivity index (χ3n) is 4.25. The van der Waals surface area contributed by atoms with Gasteiger partial charge in [0.25, 0.3) is 0 Å². The van der Waals surface area contributed by atoms with Crippen LogP contribution in [-0.4, -0.2) is 43.6 Å². The van der Waals surface area contributed by atoms with Gasteiger partial charge >= 0.3 is 6.18 Å². The second kappa shape index (κ2) is 6.81. The molecule has 0 N–H and O–H groups in total. The summed E-state index contributed by atoms with van der Waals surface area (Å²) in [6, 6.07) is 2.70. The largest absolute Gasteiger partial charge is 0.435 e. The molecule has 0 bridgehead atoms. The van der Waals surface area contributed by atoms with E-state index in [1.807, 2.05) is 13.0 Å². The zero-order valence-corrected chi connectivity index (χ0v) is 13.7. The summed E-state index contributed by atoms with van der Waals surface area (Å²) in [4.78, 5) is 22.6.